The van der Waals surface area contributed by atoms with E-state index < -0.39 is 5.60 Å². The molecule has 0 bridgehead atoms. The third-order valence-corrected chi connectivity index (χ3v) is 2.77. The summed E-state index contributed by atoms with van der Waals surface area (Å²) in [5, 5.41) is 13.0. The van der Waals surface area contributed by atoms with Gasteiger partial charge in [-0.3, -0.25) is 0 Å². The van der Waals surface area contributed by atoms with Gasteiger partial charge in [0.1, 0.15) is 18.2 Å². The van der Waals surface area contributed by atoms with Gasteiger partial charge < -0.3 is 20.6 Å². The lowest BCUT2D eigenvalue weighted by molar-refractivity contribution is 0.0696. The van der Waals surface area contributed by atoms with Crippen molar-refractivity contribution in [2.24, 2.45) is 5.84 Å². The third-order valence-electron chi connectivity index (χ3n) is 2.77. The van der Waals surface area contributed by atoms with Crippen molar-refractivity contribution in [3.8, 4) is 0 Å². The molecule has 1 atom stereocenters. The maximum absolute atomic E-state index is 9.95. The highest BCUT2D eigenvalue weighted by atomic mass is 16.5. The van der Waals surface area contributed by atoms with E-state index in [0.717, 1.165) is 0 Å². The first-order valence-electron chi connectivity index (χ1n) is 6.39. The average molecular weight is 269 g/mol. The zero-order valence-corrected chi connectivity index (χ0v) is 11.7. The number of nitrogen functional groups attached to an aromatic ring is 1. The Labute approximate surface area is 113 Å². The van der Waals surface area contributed by atoms with E-state index in [1.165, 1.54) is 0 Å². The molecular weight excluding hydrogens is 246 g/mol. The molecule has 7 heteroatoms. The van der Waals surface area contributed by atoms with E-state index in [4.69, 9.17) is 10.6 Å². The number of hydrazine groups is 1. The minimum absolute atomic E-state index is 0.324. The van der Waals surface area contributed by atoms with Crippen LogP contribution in [0.5, 0.6) is 0 Å². The number of hydrogen-bond acceptors (Lipinski definition) is 7. The quantitative estimate of drug-likeness (QED) is 0.410. The molecule has 0 fully saturated rings. The Hall–Kier alpha value is -1.44. The lowest BCUT2D eigenvalue weighted by atomic mass is 10.0. The Morgan fingerprint density at radius 3 is 2.63 bits per heavy atom. The van der Waals surface area contributed by atoms with Crippen LogP contribution < -0.4 is 16.6 Å². The van der Waals surface area contributed by atoms with E-state index >= 15 is 0 Å². The normalized spacial score (nSPS) is 13.9. The molecule has 7 nitrogen and oxygen atoms in total. The van der Waals surface area contributed by atoms with Crippen molar-refractivity contribution in [3.63, 3.8) is 0 Å². The molecule has 1 aromatic heterocycles. The Kier molecular flexibility index (Phi) is 5.94. The summed E-state index contributed by atoms with van der Waals surface area (Å²) in [6, 6.07) is 1.68. The Balaban J connectivity index is 2.76. The van der Waals surface area contributed by atoms with Gasteiger partial charge in [-0.1, -0.05) is 6.92 Å². The smallest absolute Gasteiger partial charge is 0.158 e. The molecule has 19 heavy (non-hydrogen) atoms. The second-order valence-electron chi connectivity index (χ2n) is 4.54. The SMILES string of the molecule is CCOCc1nc(NN)cc(NCC(C)(O)CC)n1. The van der Waals surface area contributed by atoms with Gasteiger partial charge in [-0.15, -0.1) is 0 Å². The van der Waals surface area contributed by atoms with Crippen molar-refractivity contribution >= 4 is 11.6 Å². The van der Waals surface area contributed by atoms with Crippen molar-refractivity contribution in [2.75, 3.05) is 23.9 Å². The minimum atomic E-state index is -0.776. The van der Waals surface area contributed by atoms with Gasteiger partial charge in [-0.05, 0) is 20.3 Å². The van der Waals surface area contributed by atoms with Crippen LogP contribution in [0.3, 0.4) is 0 Å². The van der Waals surface area contributed by atoms with E-state index in [1.54, 1.807) is 13.0 Å². The number of nitrogens with zero attached hydrogens (tertiary/aromatic N) is 2. The number of nitrogens with one attached hydrogen (secondary N) is 2. The molecule has 0 saturated heterocycles. The van der Waals surface area contributed by atoms with Crippen LogP contribution in [0.2, 0.25) is 0 Å². The van der Waals surface area contributed by atoms with Crippen molar-refractivity contribution in [3.05, 3.63) is 11.9 Å². The molecule has 0 amide bonds. The summed E-state index contributed by atoms with van der Waals surface area (Å²) >= 11 is 0. The lowest BCUT2D eigenvalue weighted by Crippen LogP contribution is -2.32. The molecule has 0 aromatic carbocycles. The van der Waals surface area contributed by atoms with E-state index in [-0.39, 0.29) is 0 Å². The second kappa shape index (κ2) is 7.22. The first kappa shape index (κ1) is 15.6. The highest BCUT2D eigenvalue weighted by molar-refractivity contribution is 5.47. The molecule has 1 unspecified atom stereocenters. The number of anilines is 2. The molecular formula is C12H23N5O2. The van der Waals surface area contributed by atoms with Gasteiger partial charge in [0.25, 0.3) is 0 Å². The van der Waals surface area contributed by atoms with Gasteiger partial charge in [0.15, 0.2) is 5.82 Å². The summed E-state index contributed by atoms with van der Waals surface area (Å²) < 4.78 is 5.27. The number of hydrogen-bond donors (Lipinski definition) is 4. The fourth-order valence-corrected chi connectivity index (χ4v) is 1.33. The maximum Gasteiger partial charge on any atom is 0.158 e. The number of rotatable bonds is 8. The average Bonchev–Trinajstić information content (AvgIpc) is 2.42. The number of nitrogens with two attached hydrogens (primary N) is 1. The van der Waals surface area contributed by atoms with E-state index in [0.29, 0.717) is 43.6 Å². The molecule has 108 valence electrons. The number of ether oxygens (including phenoxy) is 1. The predicted octanol–water partition coefficient (Wildman–Crippen LogP) is 0.872. The monoisotopic (exact) mass is 269 g/mol. The molecule has 1 aromatic rings. The summed E-state index contributed by atoms with van der Waals surface area (Å²) in [7, 11) is 0. The van der Waals surface area contributed by atoms with Gasteiger partial charge in [-0.25, -0.2) is 15.8 Å². The first-order chi connectivity index (χ1) is 9.00. The van der Waals surface area contributed by atoms with Crippen LogP contribution in [-0.4, -0.2) is 33.8 Å². The zero-order valence-electron chi connectivity index (χ0n) is 11.7. The Morgan fingerprint density at radius 1 is 1.37 bits per heavy atom. The van der Waals surface area contributed by atoms with E-state index in [2.05, 4.69) is 20.7 Å². The topological polar surface area (TPSA) is 105 Å². The van der Waals surface area contributed by atoms with Gasteiger partial charge >= 0.3 is 0 Å². The molecule has 1 rings (SSSR count). The van der Waals surface area contributed by atoms with Crippen molar-refractivity contribution in [1.82, 2.24) is 9.97 Å². The molecule has 5 N–H and O–H groups in total. The minimum Gasteiger partial charge on any atom is -0.388 e. The zero-order chi connectivity index (χ0) is 14.3. The highest BCUT2D eigenvalue weighted by Crippen LogP contribution is 2.14. The Morgan fingerprint density at radius 2 is 2.05 bits per heavy atom. The van der Waals surface area contributed by atoms with Crippen molar-refractivity contribution in [1.29, 1.82) is 0 Å². The summed E-state index contributed by atoms with van der Waals surface area (Å²) in [6.07, 6.45) is 0.652. The van der Waals surface area contributed by atoms with Crippen LogP contribution in [0.1, 0.15) is 33.0 Å². The number of aromatic nitrogens is 2. The standard InChI is InChI=1S/C12H23N5O2/c1-4-12(3,18)8-14-9-6-10(17-13)16-11(15-9)7-19-5-2/h6,18H,4-5,7-8,13H2,1-3H3,(H2,14,15,16,17). The highest BCUT2D eigenvalue weighted by Gasteiger charge is 2.17. The fraction of sp³-hybridized carbons (Fsp3) is 0.667. The lowest BCUT2D eigenvalue weighted by Gasteiger charge is -2.22. The second-order valence-corrected chi connectivity index (χ2v) is 4.54. The molecule has 0 radical (unpaired) electrons. The number of aliphatic hydroxyl groups is 1. The fourth-order valence-electron chi connectivity index (χ4n) is 1.33. The van der Waals surface area contributed by atoms with Crippen LogP contribution in [-0.2, 0) is 11.3 Å². The van der Waals surface area contributed by atoms with Crippen LogP contribution in [0.4, 0.5) is 11.6 Å². The van der Waals surface area contributed by atoms with E-state index in [1.807, 2.05) is 13.8 Å². The largest absolute Gasteiger partial charge is 0.388 e. The maximum atomic E-state index is 9.95. The van der Waals surface area contributed by atoms with E-state index in [9.17, 15) is 5.11 Å². The Bertz CT molecular complexity index is 398. The van der Waals surface area contributed by atoms with Gasteiger partial charge in [-0.2, -0.15) is 0 Å². The van der Waals surface area contributed by atoms with Crippen molar-refractivity contribution in [2.45, 2.75) is 39.4 Å². The summed E-state index contributed by atoms with van der Waals surface area (Å²) in [5.41, 5.74) is 1.71. The van der Waals surface area contributed by atoms with Gasteiger partial charge in [0, 0.05) is 19.2 Å². The van der Waals surface area contributed by atoms with Crippen LogP contribution >= 0.6 is 0 Å². The van der Waals surface area contributed by atoms with Crippen LogP contribution in [0.25, 0.3) is 0 Å². The predicted molar refractivity (Wildman–Crippen MR) is 74.6 cm³/mol. The molecule has 0 aliphatic heterocycles. The summed E-state index contributed by atoms with van der Waals surface area (Å²) in [4.78, 5) is 8.48. The molecule has 0 aliphatic carbocycles. The summed E-state index contributed by atoms with van der Waals surface area (Å²) in [6.45, 7) is 6.92. The summed E-state index contributed by atoms with van der Waals surface area (Å²) in [5.74, 6) is 7.01. The molecule has 0 spiro atoms. The van der Waals surface area contributed by atoms with Crippen LogP contribution in [0, 0.1) is 0 Å². The van der Waals surface area contributed by atoms with Gasteiger partial charge in [0.05, 0.1) is 5.60 Å². The third kappa shape index (κ3) is 5.37. The van der Waals surface area contributed by atoms with Crippen LogP contribution in [0.15, 0.2) is 6.07 Å². The molecule has 0 saturated carbocycles. The van der Waals surface area contributed by atoms with Crippen molar-refractivity contribution < 1.29 is 9.84 Å². The first-order valence-corrected chi connectivity index (χ1v) is 6.39. The van der Waals surface area contributed by atoms with Gasteiger partial charge in [0.2, 0.25) is 0 Å². The molecule has 0 aliphatic rings. The molecule has 1 heterocycles.